The Hall–Kier alpha value is -0.120. The van der Waals surface area contributed by atoms with Crippen molar-refractivity contribution in [1.82, 2.24) is 20.4 Å². The number of halogens is 1. The summed E-state index contributed by atoms with van der Waals surface area (Å²) >= 11 is 0. The summed E-state index contributed by atoms with van der Waals surface area (Å²) in [6, 6.07) is 1.08. The quantitative estimate of drug-likeness (QED) is 0.349. The first kappa shape index (κ1) is 23.2. The molecule has 0 bridgehead atoms. The molecule has 7 heteroatoms. The predicted molar refractivity (Wildman–Crippen MR) is 123 cm³/mol. The average molecular weight is 493 g/mol. The van der Waals surface area contributed by atoms with Gasteiger partial charge < -0.3 is 15.4 Å². The zero-order chi connectivity index (χ0) is 18.6. The third kappa shape index (κ3) is 5.70. The van der Waals surface area contributed by atoms with Gasteiger partial charge in [0.25, 0.3) is 0 Å². The number of rotatable bonds is 5. The van der Waals surface area contributed by atoms with Crippen LogP contribution in [0.15, 0.2) is 4.99 Å². The second-order valence-electron chi connectivity index (χ2n) is 8.73. The minimum absolute atomic E-state index is 0. The van der Waals surface area contributed by atoms with Gasteiger partial charge in [0.1, 0.15) is 0 Å². The van der Waals surface area contributed by atoms with Crippen molar-refractivity contribution < 1.29 is 4.74 Å². The van der Waals surface area contributed by atoms with E-state index >= 15 is 0 Å². The molecule has 3 saturated heterocycles. The van der Waals surface area contributed by atoms with Gasteiger partial charge >= 0.3 is 0 Å². The normalized spacial score (nSPS) is 29.7. The van der Waals surface area contributed by atoms with Crippen LogP contribution < -0.4 is 10.6 Å². The molecule has 158 valence electrons. The maximum absolute atomic E-state index is 5.67. The topological polar surface area (TPSA) is 52.1 Å². The smallest absolute Gasteiger partial charge is 0.191 e. The van der Waals surface area contributed by atoms with Crippen LogP contribution in [-0.4, -0.2) is 86.4 Å². The zero-order valence-electron chi connectivity index (χ0n) is 17.7. The van der Waals surface area contributed by atoms with Gasteiger partial charge in [-0.3, -0.25) is 14.8 Å². The van der Waals surface area contributed by atoms with E-state index in [1.165, 1.54) is 32.5 Å². The van der Waals surface area contributed by atoms with Crippen molar-refractivity contribution >= 4 is 29.9 Å². The first-order chi connectivity index (χ1) is 12.5. The van der Waals surface area contributed by atoms with Crippen molar-refractivity contribution in [2.75, 3.05) is 53.0 Å². The van der Waals surface area contributed by atoms with Crippen LogP contribution in [0.2, 0.25) is 0 Å². The van der Waals surface area contributed by atoms with E-state index in [2.05, 4.69) is 46.2 Å². The Bertz CT molecular complexity index is 475. The lowest BCUT2D eigenvalue weighted by Crippen LogP contribution is -2.59. The van der Waals surface area contributed by atoms with Gasteiger partial charge in [-0.2, -0.15) is 0 Å². The Morgan fingerprint density at radius 2 is 1.85 bits per heavy atom. The van der Waals surface area contributed by atoms with Gasteiger partial charge in [0.05, 0.1) is 0 Å². The molecule has 3 aliphatic rings. The summed E-state index contributed by atoms with van der Waals surface area (Å²) in [4.78, 5) is 9.78. The average Bonchev–Trinajstić information content (AvgIpc) is 3.30. The maximum atomic E-state index is 5.67. The fraction of sp³-hybridized carbons (Fsp3) is 0.950. The molecular weight excluding hydrogens is 453 g/mol. The molecule has 2 unspecified atom stereocenters. The number of hydrogen-bond donors (Lipinski definition) is 2. The van der Waals surface area contributed by atoms with Gasteiger partial charge in [-0.25, -0.2) is 0 Å². The van der Waals surface area contributed by atoms with E-state index < -0.39 is 0 Å². The van der Waals surface area contributed by atoms with Crippen molar-refractivity contribution in [1.29, 1.82) is 0 Å². The van der Waals surface area contributed by atoms with Crippen LogP contribution in [0, 0.1) is 5.92 Å². The molecule has 0 aromatic carbocycles. The first-order valence-corrected chi connectivity index (χ1v) is 10.6. The van der Waals surface area contributed by atoms with Crippen LogP contribution >= 0.6 is 24.0 Å². The van der Waals surface area contributed by atoms with E-state index in [0.29, 0.717) is 18.0 Å². The van der Waals surface area contributed by atoms with E-state index in [1.54, 1.807) is 0 Å². The van der Waals surface area contributed by atoms with Gasteiger partial charge in [-0.05, 0) is 58.5 Å². The van der Waals surface area contributed by atoms with Crippen LogP contribution in [0.5, 0.6) is 0 Å². The monoisotopic (exact) mass is 493 g/mol. The molecule has 3 aliphatic heterocycles. The van der Waals surface area contributed by atoms with E-state index in [4.69, 9.17) is 4.74 Å². The number of ether oxygens (including phenoxy) is 1. The maximum Gasteiger partial charge on any atom is 0.191 e. The highest BCUT2D eigenvalue weighted by molar-refractivity contribution is 14.0. The number of aliphatic imine (C=N–C) groups is 1. The summed E-state index contributed by atoms with van der Waals surface area (Å²) in [6.07, 6.45) is 4.91. The summed E-state index contributed by atoms with van der Waals surface area (Å²) in [5, 5.41) is 7.37. The van der Waals surface area contributed by atoms with Crippen LogP contribution in [-0.2, 0) is 4.74 Å². The largest absolute Gasteiger partial charge is 0.381 e. The van der Waals surface area contributed by atoms with E-state index in [0.717, 1.165) is 45.1 Å². The van der Waals surface area contributed by atoms with Gasteiger partial charge in [0, 0.05) is 57.5 Å². The second kappa shape index (κ2) is 10.6. The predicted octanol–water partition coefficient (Wildman–Crippen LogP) is 2.14. The van der Waals surface area contributed by atoms with E-state index in [9.17, 15) is 0 Å². The third-order valence-corrected chi connectivity index (χ3v) is 6.70. The number of hydrogen-bond acceptors (Lipinski definition) is 4. The molecule has 6 nitrogen and oxygen atoms in total. The van der Waals surface area contributed by atoms with E-state index in [1.807, 2.05) is 7.05 Å². The molecule has 2 N–H and O–H groups in total. The number of likely N-dealkylation sites (tertiary alicyclic amines) is 2. The second-order valence-corrected chi connectivity index (χ2v) is 8.73. The minimum atomic E-state index is 0. The minimum Gasteiger partial charge on any atom is -0.381 e. The molecule has 3 heterocycles. The van der Waals surface area contributed by atoms with Crippen molar-refractivity contribution in [3.05, 3.63) is 0 Å². The Morgan fingerprint density at radius 1 is 1.19 bits per heavy atom. The van der Waals surface area contributed by atoms with Crippen LogP contribution in [0.4, 0.5) is 0 Å². The molecule has 3 fully saturated rings. The molecule has 2 atom stereocenters. The number of nitrogens with zero attached hydrogens (tertiary/aromatic N) is 3. The fourth-order valence-electron chi connectivity index (χ4n) is 4.78. The molecule has 0 aromatic rings. The molecule has 0 saturated carbocycles. The fourth-order valence-corrected chi connectivity index (χ4v) is 4.78. The molecule has 3 rings (SSSR count). The van der Waals surface area contributed by atoms with Gasteiger partial charge in [0.15, 0.2) is 5.96 Å². The van der Waals surface area contributed by atoms with Crippen molar-refractivity contribution in [2.45, 2.75) is 64.1 Å². The Labute approximate surface area is 182 Å². The lowest BCUT2D eigenvalue weighted by atomic mass is 9.88. The van der Waals surface area contributed by atoms with E-state index in [-0.39, 0.29) is 29.5 Å². The van der Waals surface area contributed by atoms with Crippen molar-refractivity contribution in [3.8, 4) is 0 Å². The Morgan fingerprint density at radius 3 is 2.41 bits per heavy atom. The number of guanidine groups is 1. The summed E-state index contributed by atoms with van der Waals surface area (Å²) in [5.74, 6) is 1.60. The molecular formula is C20H40IN5O. The highest BCUT2D eigenvalue weighted by atomic mass is 127. The molecule has 0 aliphatic carbocycles. The summed E-state index contributed by atoms with van der Waals surface area (Å²) in [7, 11) is 1.89. The van der Waals surface area contributed by atoms with Crippen molar-refractivity contribution in [3.63, 3.8) is 0 Å². The first-order valence-electron chi connectivity index (χ1n) is 10.6. The molecule has 0 aromatic heterocycles. The summed E-state index contributed by atoms with van der Waals surface area (Å²) < 4.78 is 5.67. The van der Waals surface area contributed by atoms with Crippen molar-refractivity contribution in [2.24, 2.45) is 10.9 Å². The lowest BCUT2D eigenvalue weighted by Gasteiger charge is -2.45. The lowest BCUT2D eigenvalue weighted by molar-refractivity contribution is -0.0164. The van der Waals surface area contributed by atoms with Gasteiger partial charge in [0.2, 0.25) is 0 Å². The molecule has 0 spiro atoms. The van der Waals surface area contributed by atoms with Crippen LogP contribution in [0.25, 0.3) is 0 Å². The Balaban J connectivity index is 0.00000261. The third-order valence-electron chi connectivity index (χ3n) is 6.70. The van der Waals surface area contributed by atoms with Crippen LogP contribution in [0.3, 0.4) is 0 Å². The highest BCUT2D eigenvalue weighted by Crippen LogP contribution is 2.30. The molecule has 27 heavy (non-hydrogen) atoms. The Kier molecular flexibility index (Phi) is 9.09. The number of nitrogens with one attached hydrogen (secondary N) is 2. The highest BCUT2D eigenvalue weighted by Gasteiger charge is 2.40. The summed E-state index contributed by atoms with van der Waals surface area (Å²) in [5.41, 5.74) is 0.234. The van der Waals surface area contributed by atoms with Gasteiger partial charge in [-0.1, -0.05) is 6.92 Å². The van der Waals surface area contributed by atoms with Gasteiger partial charge in [-0.15, -0.1) is 24.0 Å². The zero-order valence-corrected chi connectivity index (χ0v) is 20.0. The SMILES string of the molecule is CN=C(NCC1(N2CCCC2)CCOCC1)NC1CN(C(C)C)CC1C.I. The summed E-state index contributed by atoms with van der Waals surface area (Å²) in [6.45, 7) is 14.4. The molecule has 0 radical (unpaired) electrons. The standard InChI is InChI=1S/C20H39N5O.HI/c1-16(2)24-13-17(3)18(14-24)23-19(21-4)22-15-20(7-11-26-12-8-20)25-9-5-6-10-25;/h16-18H,5-15H2,1-4H3,(H2,21,22,23);1H. The molecule has 0 amide bonds. The van der Waals surface area contributed by atoms with Crippen LogP contribution in [0.1, 0.15) is 46.5 Å².